The number of rotatable bonds is 8. The maximum atomic E-state index is 13.6. The van der Waals surface area contributed by atoms with Crippen molar-refractivity contribution in [1.82, 2.24) is 20.1 Å². The van der Waals surface area contributed by atoms with Crippen LogP contribution in [0.3, 0.4) is 0 Å². The van der Waals surface area contributed by atoms with Crippen molar-refractivity contribution in [3.8, 4) is 11.3 Å². The fraction of sp³-hybridized carbons (Fsp3) is 0.556. The summed E-state index contributed by atoms with van der Waals surface area (Å²) in [7, 11) is 2.12. The van der Waals surface area contributed by atoms with Crippen LogP contribution in [0.15, 0.2) is 34.8 Å². The first kappa shape index (κ1) is 28.0. The van der Waals surface area contributed by atoms with Crippen LogP contribution in [0.2, 0.25) is 0 Å². The van der Waals surface area contributed by atoms with Crippen LogP contribution in [0.25, 0.3) is 21.7 Å². The lowest BCUT2D eigenvalue weighted by Crippen LogP contribution is -2.52. The van der Waals surface area contributed by atoms with E-state index in [0.29, 0.717) is 12.0 Å². The van der Waals surface area contributed by atoms with Gasteiger partial charge in [-0.05, 0) is 37.1 Å². The van der Waals surface area contributed by atoms with Crippen molar-refractivity contribution in [2.24, 2.45) is 11.0 Å². The number of hydrogen-bond donors (Lipinski definition) is 1. The Morgan fingerprint density at radius 2 is 1.95 bits per heavy atom. The molecule has 3 saturated heterocycles. The maximum Gasteiger partial charge on any atom is 0.251 e. The Morgan fingerprint density at radius 3 is 2.62 bits per heavy atom. The van der Waals surface area contributed by atoms with Crippen molar-refractivity contribution in [1.29, 1.82) is 0 Å². The standard InChI is InChI=1S/C27H34N8O4S/c1-16(2)12-19(26(38)35-13-20(31-32-28)24-23(35)22(36)14-39-24)29-25(37)18-6-4-17(5-7-18)21-15-40-27(30-21)34-10-8-33(3)9-11-34/h4-7,15-16,19-20,23-24H,8-14H2,1-3H3,(H,29,37). The number of anilines is 1. The lowest BCUT2D eigenvalue weighted by Gasteiger charge is -2.32. The van der Waals surface area contributed by atoms with Crippen molar-refractivity contribution >= 4 is 34.1 Å². The number of nitrogens with one attached hydrogen (secondary N) is 1. The van der Waals surface area contributed by atoms with Gasteiger partial charge in [-0.25, -0.2) is 4.98 Å². The van der Waals surface area contributed by atoms with E-state index in [1.54, 1.807) is 23.5 Å². The fourth-order valence-corrected chi connectivity index (χ4v) is 6.38. The summed E-state index contributed by atoms with van der Waals surface area (Å²) in [5.74, 6) is -0.866. The number of piperazine rings is 1. The van der Waals surface area contributed by atoms with Crippen molar-refractivity contribution in [2.75, 3.05) is 51.3 Å². The molecule has 40 heavy (non-hydrogen) atoms. The molecule has 0 aliphatic carbocycles. The topological polar surface area (TPSA) is 144 Å². The van der Waals surface area contributed by atoms with E-state index in [1.807, 2.05) is 31.4 Å². The number of carbonyl (C=O) groups excluding carboxylic acids is 3. The summed E-state index contributed by atoms with van der Waals surface area (Å²) in [6.07, 6.45) is -0.260. The fourth-order valence-electron chi connectivity index (χ4n) is 5.49. The van der Waals surface area contributed by atoms with Gasteiger partial charge in [-0.3, -0.25) is 14.4 Å². The smallest absolute Gasteiger partial charge is 0.251 e. The molecule has 1 aromatic heterocycles. The van der Waals surface area contributed by atoms with Crippen LogP contribution < -0.4 is 10.2 Å². The second-order valence-electron chi connectivity index (χ2n) is 11.0. The van der Waals surface area contributed by atoms with Gasteiger partial charge in [0, 0.05) is 54.1 Å². The molecule has 2 amide bonds. The zero-order valence-corrected chi connectivity index (χ0v) is 23.7. The first-order chi connectivity index (χ1) is 19.2. The third-order valence-electron chi connectivity index (χ3n) is 7.66. The summed E-state index contributed by atoms with van der Waals surface area (Å²) in [4.78, 5) is 53.1. The molecular formula is C27H34N8O4S. The summed E-state index contributed by atoms with van der Waals surface area (Å²) < 4.78 is 5.53. The van der Waals surface area contributed by atoms with E-state index in [0.717, 1.165) is 42.6 Å². The summed E-state index contributed by atoms with van der Waals surface area (Å²) in [6.45, 7) is 7.80. The highest BCUT2D eigenvalue weighted by Crippen LogP contribution is 2.31. The van der Waals surface area contributed by atoms with Gasteiger partial charge in [0.25, 0.3) is 5.91 Å². The number of hydrogen-bond acceptors (Lipinski definition) is 9. The zero-order chi connectivity index (χ0) is 28.4. The quantitative estimate of drug-likeness (QED) is 0.294. The molecule has 0 radical (unpaired) electrons. The molecule has 3 aliphatic rings. The molecule has 0 spiro atoms. The maximum absolute atomic E-state index is 13.6. The molecule has 4 unspecified atom stereocenters. The lowest BCUT2D eigenvalue weighted by molar-refractivity contribution is -0.138. The Hall–Kier alpha value is -3.51. The van der Waals surface area contributed by atoms with E-state index in [4.69, 9.17) is 15.3 Å². The SMILES string of the molecule is CC(C)CC(NC(=O)c1ccc(-c2csc(N3CCN(C)CC3)n2)cc1)C(=O)N1CC(N=[N+]=[N-])C2OCC(=O)C21. The molecule has 4 heterocycles. The highest BCUT2D eigenvalue weighted by molar-refractivity contribution is 7.14. The number of ether oxygens (including phenoxy) is 1. The molecule has 1 N–H and O–H groups in total. The van der Waals surface area contributed by atoms with Crippen LogP contribution in [-0.4, -0.2) is 103 Å². The molecule has 5 rings (SSSR count). The normalized spacial score (nSPS) is 23.7. The number of ketones is 1. The number of nitrogens with zero attached hydrogens (tertiary/aromatic N) is 7. The molecule has 12 nitrogen and oxygen atoms in total. The molecule has 4 atom stereocenters. The Kier molecular flexibility index (Phi) is 8.36. The highest BCUT2D eigenvalue weighted by atomic mass is 32.1. The average molecular weight is 567 g/mol. The van der Waals surface area contributed by atoms with E-state index >= 15 is 0 Å². The third kappa shape index (κ3) is 5.83. The van der Waals surface area contributed by atoms with Crippen LogP contribution in [0.5, 0.6) is 0 Å². The summed E-state index contributed by atoms with van der Waals surface area (Å²) >= 11 is 1.62. The Balaban J connectivity index is 1.27. The van der Waals surface area contributed by atoms with Gasteiger partial charge in [-0.2, -0.15) is 0 Å². The number of fused-ring (bicyclic) bond motifs is 1. The predicted molar refractivity (Wildman–Crippen MR) is 151 cm³/mol. The Labute approximate surface area is 236 Å². The summed E-state index contributed by atoms with van der Waals surface area (Å²) in [5.41, 5.74) is 11.1. The van der Waals surface area contributed by atoms with Crippen LogP contribution in [0.4, 0.5) is 5.13 Å². The van der Waals surface area contributed by atoms with Gasteiger partial charge in [-0.15, -0.1) is 11.3 Å². The minimum absolute atomic E-state index is 0.0763. The van der Waals surface area contributed by atoms with Gasteiger partial charge in [0.05, 0.1) is 17.8 Å². The van der Waals surface area contributed by atoms with Gasteiger partial charge < -0.3 is 24.8 Å². The van der Waals surface area contributed by atoms with Gasteiger partial charge in [0.1, 0.15) is 18.7 Å². The van der Waals surface area contributed by atoms with Crippen LogP contribution in [0, 0.1) is 5.92 Å². The molecule has 2 aromatic rings. The Morgan fingerprint density at radius 1 is 1.23 bits per heavy atom. The van der Waals surface area contributed by atoms with Crippen molar-refractivity contribution in [3.05, 3.63) is 45.7 Å². The highest BCUT2D eigenvalue weighted by Gasteiger charge is 2.53. The largest absolute Gasteiger partial charge is 0.367 e. The predicted octanol–water partition coefficient (Wildman–Crippen LogP) is 2.56. The number of amides is 2. The molecule has 3 fully saturated rings. The second kappa shape index (κ2) is 11.9. The summed E-state index contributed by atoms with van der Waals surface area (Å²) in [5, 5.41) is 9.65. The van der Waals surface area contributed by atoms with Gasteiger partial charge >= 0.3 is 0 Å². The number of carbonyl (C=O) groups is 3. The van der Waals surface area contributed by atoms with Gasteiger partial charge in [0.2, 0.25) is 5.91 Å². The lowest BCUT2D eigenvalue weighted by atomic mass is 10.0. The first-order valence-corrected chi connectivity index (χ1v) is 14.4. The van der Waals surface area contributed by atoms with E-state index in [1.165, 1.54) is 4.90 Å². The molecule has 0 saturated carbocycles. The van der Waals surface area contributed by atoms with Crippen LogP contribution in [-0.2, 0) is 14.3 Å². The molecule has 0 bridgehead atoms. The number of benzene rings is 1. The van der Waals surface area contributed by atoms with E-state index in [-0.39, 0.29) is 36.7 Å². The number of azide groups is 1. The van der Waals surface area contributed by atoms with E-state index < -0.39 is 24.2 Å². The van der Waals surface area contributed by atoms with Gasteiger partial charge in [-0.1, -0.05) is 31.1 Å². The van der Waals surface area contributed by atoms with Crippen LogP contribution in [0.1, 0.15) is 30.6 Å². The number of Topliss-reactive ketones (excluding diaryl/α,β-unsaturated/α-hetero) is 1. The minimum Gasteiger partial charge on any atom is -0.367 e. The average Bonchev–Trinajstić information content (AvgIpc) is 3.66. The first-order valence-electron chi connectivity index (χ1n) is 13.5. The Bertz CT molecular complexity index is 1300. The van der Waals surface area contributed by atoms with Crippen molar-refractivity contribution in [2.45, 2.75) is 44.5 Å². The number of likely N-dealkylation sites (N-methyl/N-ethyl adjacent to an activating group) is 1. The zero-order valence-electron chi connectivity index (χ0n) is 22.9. The number of aromatic nitrogens is 1. The van der Waals surface area contributed by atoms with Crippen LogP contribution >= 0.6 is 11.3 Å². The summed E-state index contributed by atoms with van der Waals surface area (Å²) in [6, 6.07) is 4.90. The molecule has 13 heteroatoms. The number of thiazole rings is 1. The third-order valence-corrected chi connectivity index (χ3v) is 8.56. The van der Waals surface area contributed by atoms with Crippen molar-refractivity contribution in [3.63, 3.8) is 0 Å². The minimum atomic E-state index is -0.837. The van der Waals surface area contributed by atoms with Crippen molar-refractivity contribution < 1.29 is 19.1 Å². The molecule has 212 valence electrons. The van der Waals surface area contributed by atoms with E-state index in [9.17, 15) is 14.4 Å². The molecule has 3 aliphatic heterocycles. The monoisotopic (exact) mass is 566 g/mol. The second-order valence-corrected chi connectivity index (χ2v) is 11.8. The van der Waals surface area contributed by atoms with E-state index in [2.05, 4.69) is 32.2 Å². The molecular weight excluding hydrogens is 532 g/mol. The number of likely N-dealkylation sites (tertiary alicyclic amines) is 1. The molecule has 1 aromatic carbocycles. The van der Waals surface area contributed by atoms with Gasteiger partial charge in [0.15, 0.2) is 10.9 Å².